The monoisotopic (exact) mass is 438 g/mol. The zero-order valence-electron chi connectivity index (χ0n) is 19.0. The predicted molar refractivity (Wildman–Crippen MR) is 121 cm³/mol. The molecule has 1 atom stereocenters. The topological polar surface area (TPSA) is 68.0 Å². The molecule has 0 bridgehead atoms. The second-order valence-corrected chi connectivity index (χ2v) is 8.68. The molecule has 7 nitrogen and oxygen atoms in total. The van der Waals surface area contributed by atoms with Gasteiger partial charge in [-0.05, 0) is 44.9 Å². The van der Waals surface area contributed by atoms with Gasteiger partial charge in [-0.15, -0.1) is 0 Å². The highest BCUT2D eigenvalue weighted by atomic mass is 19.1. The van der Waals surface area contributed by atoms with Crippen molar-refractivity contribution in [2.75, 3.05) is 13.1 Å². The van der Waals surface area contributed by atoms with Crippen LogP contribution in [0.1, 0.15) is 43.7 Å². The number of benzene rings is 1. The standard InChI is InChI=1S/C24H31FN6O/c1-17(31-13-10-26-18(31)2)14-24(32)27-19-8-11-30(12-9-19)16-20-15-23(28-29(20)3)21-6-4-5-7-22(21)25/h4-7,10,13,15,17,19H,8-9,11-12,14,16H2,1-3H3,(H,27,32). The number of carbonyl (C=O) groups excluding carboxylic acids is 1. The quantitative estimate of drug-likeness (QED) is 0.613. The third kappa shape index (κ3) is 5.07. The normalized spacial score (nSPS) is 16.2. The van der Waals surface area contributed by atoms with Gasteiger partial charge in [0.25, 0.3) is 0 Å². The number of rotatable bonds is 7. The molecule has 1 amide bonds. The Bertz CT molecular complexity index is 1070. The van der Waals surface area contributed by atoms with Crippen molar-refractivity contribution < 1.29 is 9.18 Å². The Morgan fingerprint density at radius 2 is 2.03 bits per heavy atom. The number of hydrogen-bond acceptors (Lipinski definition) is 4. The summed E-state index contributed by atoms with van der Waals surface area (Å²) in [6.45, 7) is 6.56. The van der Waals surface area contributed by atoms with Gasteiger partial charge in [0.15, 0.2) is 0 Å². The molecule has 1 fully saturated rings. The zero-order chi connectivity index (χ0) is 22.7. The molecule has 1 saturated heterocycles. The number of halogens is 1. The molecular weight excluding hydrogens is 407 g/mol. The average molecular weight is 439 g/mol. The summed E-state index contributed by atoms with van der Waals surface area (Å²) in [4.78, 5) is 19.1. The second-order valence-electron chi connectivity index (χ2n) is 8.68. The van der Waals surface area contributed by atoms with Gasteiger partial charge < -0.3 is 9.88 Å². The number of carbonyl (C=O) groups is 1. The maximum atomic E-state index is 14.1. The highest BCUT2D eigenvalue weighted by Crippen LogP contribution is 2.23. The van der Waals surface area contributed by atoms with Crippen LogP contribution in [0.15, 0.2) is 42.7 Å². The minimum absolute atomic E-state index is 0.0882. The van der Waals surface area contributed by atoms with Gasteiger partial charge in [-0.2, -0.15) is 5.10 Å². The van der Waals surface area contributed by atoms with E-state index in [1.54, 1.807) is 18.3 Å². The van der Waals surface area contributed by atoms with Crippen molar-refractivity contribution in [2.45, 2.75) is 51.7 Å². The Hall–Kier alpha value is -3.00. The number of hydrogen-bond donors (Lipinski definition) is 1. The van der Waals surface area contributed by atoms with Gasteiger partial charge >= 0.3 is 0 Å². The molecule has 3 aromatic rings. The van der Waals surface area contributed by atoms with Crippen LogP contribution < -0.4 is 5.32 Å². The van der Waals surface area contributed by atoms with Crippen LogP contribution in [0.5, 0.6) is 0 Å². The van der Waals surface area contributed by atoms with Gasteiger partial charge in [-0.3, -0.25) is 14.4 Å². The van der Waals surface area contributed by atoms with Crippen LogP contribution in [0.2, 0.25) is 0 Å². The van der Waals surface area contributed by atoms with Crippen LogP contribution in [-0.4, -0.2) is 49.3 Å². The molecule has 1 aliphatic rings. The van der Waals surface area contributed by atoms with Gasteiger partial charge in [0, 0.05) is 63.1 Å². The minimum Gasteiger partial charge on any atom is -0.353 e. The SMILES string of the molecule is Cc1nccn1C(C)CC(=O)NC1CCN(Cc2cc(-c3ccccc3F)nn2C)CC1. The fourth-order valence-electron chi connectivity index (χ4n) is 4.43. The van der Waals surface area contributed by atoms with E-state index >= 15 is 0 Å². The summed E-state index contributed by atoms with van der Waals surface area (Å²) in [5.41, 5.74) is 2.23. The van der Waals surface area contributed by atoms with E-state index in [0.29, 0.717) is 17.7 Å². The number of likely N-dealkylation sites (tertiary alicyclic amines) is 1. The largest absolute Gasteiger partial charge is 0.353 e. The van der Waals surface area contributed by atoms with E-state index in [1.807, 2.05) is 48.5 Å². The van der Waals surface area contributed by atoms with Crippen molar-refractivity contribution in [3.8, 4) is 11.3 Å². The van der Waals surface area contributed by atoms with E-state index in [4.69, 9.17) is 0 Å². The first kappa shape index (κ1) is 22.2. The Balaban J connectivity index is 1.27. The number of aromatic nitrogens is 4. The van der Waals surface area contributed by atoms with Crippen LogP contribution in [0, 0.1) is 12.7 Å². The molecule has 0 spiro atoms. The third-order valence-electron chi connectivity index (χ3n) is 6.28. The van der Waals surface area contributed by atoms with E-state index in [0.717, 1.165) is 44.0 Å². The lowest BCUT2D eigenvalue weighted by molar-refractivity contribution is -0.122. The Kier molecular flexibility index (Phi) is 6.69. The van der Waals surface area contributed by atoms with Gasteiger partial charge in [0.2, 0.25) is 5.91 Å². The summed E-state index contributed by atoms with van der Waals surface area (Å²) in [5, 5.41) is 7.70. The number of nitrogens with zero attached hydrogens (tertiary/aromatic N) is 5. The molecule has 0 radical (unpaired) electrons. The zero-order valence-corrected chi connectivity index (χ0v) is 19.0. The molecule has 8 heteroatoms. The van der Waals surface area contributed by atoms with Crippen LogP contribution in [0.25, 0.3) is 11.3 Å². The van der Waals surface area contributed by atoms with Crippen LogP contribution in [0.3, 0.4) is 0 Å². The van der Waals surface area contributed by atoms with Crippen molar-refractivity contribution >= 4 is 5.91 Å². The van der Waals surface area contributed by atoms with Gasteiger partial charge in [-0.25, -0.2) is 9.37 Å². The van der Waals surface area contributed by atoms with Crippen LogP contribution >= 0.6 is 0 Å². The van der Waals surface area contributed by atoms with Gasteiger partial charge in [0.1, 0.15) is 11.6 Å². The predicted octanol–water partition coefficient (Wildman–Crippen LogP) is 3.46. The van der Waals surface area contributed by atoms with Crippen molar-refractivity contribution in [3.05, 3.63) is 60.1 Å². The summed E-state index contributed by atoms with van der Waals surface area (Å²) in [5.74, 6) is 0.753. The summed E-state index contributed by atoms with van der Waals surface area (Å²) in [6, 6.07) is 8.98. The Morgan fingerprint density at radius 1 is 1.28 bits per heavy atom. The maximum Gasteiger partial charge on any atom is 0.222 e. The van der Waals surface area contributed by atoms with Crippen molar-refractivity contribution in [3.63, 3.8) is 0 Å². The van der Waals surface area contributed by atoms with Crippen molar-refractivity contribution in [2.24, 2.45) is 7.05 Å². The molecule has 2 aromatic heterocycles. The molecule has 1 N–H and O–H groups in total. The average Bonchev–Trinajstić information content (AvgIpc) is 3.35. The highest BCUT2D eigenvalue weighted by molar-refractivity contribution is 5.76. The first-order valence-electron chi connectivity index (χ1n) is 11.2. The van der Waals surface area contributed by atoms with Crippen molar-refractivity contribution in [1.29, 1.82) is 0 Å². The lowest BCUT2D eigenvalue weighted by Gasteiger charge is -2.32. The van der Waals surface area contributed by atoms with E-state index in [2.05, 4.69) is 20.3 Å². The van der Waals surface area contributed by atoms with Gasteiger partial charge in [-0.1, -0.05) is 12.1 Å². The fourth-order valence-corrected chi connectivity index (χ4v) is 4.43. The second kappa shape index (κ2) is 9.65. The molecule has 1 aromatic carbocycles. The van der Waals surface area contributed by atoms with E-state index in [1.165, 1.54) is 6.07 Å². The molecule has 4 rings (SSSR count). The first-order valence-corrected chi connectivity index (χ1v) is 11.2. The molecule has 1 aliphatic heterocycles. The molecule has 1 unspecified atom stereocenters. The van der Waals surface area contributed by atoms with E-state index in [-0.39, 0.29) is 23.8 Å². The minimum atomic E-state index is -0.258. The molecule has 0 aliphatic carbocycles. The molecule has 32 heavy (non-hydrogen) atoms. The lowest BCUT2D eigenvalue weighted by Crippen LogP contribution is -2.44. The summed E-state index contributed by atoms with van der Waals surface area (Å²) >= 11 is 0. The summed E-state index contributed by atoms with van der Waals surface area (Å²) in [7, 11) is 1.90. The molecule has 170 valence electrons. The number of aryl methyl sites for hydroxylation is 2. The first-order chi connectivity index (χ1) is 15.4. The summed E-state index contributed by atoms with van der Waals surface area (Å²) < 4.78 is 18.0. The summed E-state index contributed by atoms with van der Waals surface area (Å²) in [6.07, 6.45) is 5.97. The lowest BCUT2D eigenvalue weighted by atomic mass is 10.0. The maximum absolute atomic E-state index is 14.1. The van der Waals surface area contributed by atoms with Crippen molar-refractivity contribution in [1.82, 2.24) is 29.5 Å². The Morgan fingerprint density at radius 3 is 2.72 bits per heavy atom. The molecule has 3 heterocycles. The molecular formula is C24H31FN6O. The molecule has 0 saturated carbocycles. The van der Waals surface area contributed by atoms with E-state index in [9.17, 15) is 9.18 Å². The van der Waals surface area contributed by atoms with Gasteiger partial charge in [0.05, 0.1) is 11.4 Å². The fraction of sp³-hybridized carbons (Fsp3) is 0.458. The number of piperidine rings is 1. The third-order valence-corrected chi connectivity index (χ3v) is 6.28. The van der Waals surface area contributed by atoms with Crippen LogP contribution in [0.4, 0.5) is 4.39 Å². The van der Waals surface area contributed by atoms with Crippen LogP contribution in [-0.2, 0) is 18.4 Å². The van der Waals surface area contributed by atoms with E-state index < -0.39 is 0 Å². The smallest absolute Gasteiger partial charge is 0.222 e. The Labute approximate surface area is 188 Å². The number of imidazole rings is 1. The highest BCUT2D eigenvalue weighted by Gasteiger charge is 2.23. The number of amides is 1. The number of nitrogens with one attached hydrogen (secondary N) is 1.